The summed E-state index contributed by atoms with van der Waals surface area (Å²) in [6.07, 6.45) is 0. The minimum absolute atomic E-state index is 0.185. The van der Waals surface area contributed by atoms with Crippen LogP contribution in [0.5, 0.6) is 0 Å². The molecular formula is C26H35NO3SSi. The van der Waals surface area contributed by atoms with Gasteiger partial charge in [-0.1, -0.05) is 77.4 Å². The highest BCUT2D eigenvalue weighted by atomic mass is 32.2. The van der Waals surface area contributed by atoms with E-state index in [0.29, 0.717) is 15.4 Å². The molecule has 6 heteroatoms. The van der Waals surface area contributed by atoms with Gasteiger partial charge in [0.1, 0.15) is 6.07 Å². The van der Waals surface area contributed by atoms with Gasteiger partial charge in [-0.15, -0.1) is 0 Å². The van der Waals surface area contributed by atoms with Crippen LogP contribution < -0.4 is 0 Å². The molecule has 0 aromatic heterocycles. The lowest BCUT2D eigenvalue weighted by molar-refractivity contribution is -0.129. The van der Waals surface area contributed by atoms with Gasteiger partial charge in [0.25, 0.3) is 0 Å². The molecule has 0 bridgehead atoms. The number of rotatable bonds is 9. The molecule has 0 radical (unpaired) electrons. The van der Waals surface area contributed by atoms with Gasteiger partial charge in [0.2, 0.25) is 13.9 Å². The van der Waals surface area contributed by atoms with Gasteiger partial charge in [0, 0.05) is 10.5 Å². The highest BCUT2D eigenvalue weighted by Gasteiger charge is 2.54. The molecular weight excluding hydrogens is 434 g/mol. The predicted octanol–water partition coefficient (Wildman–Crippen LogP) is 6.66. The molecule has 0 heterocycles. The molecule has 32 heavy (non-hydrogen) atoms. The first kappa shape index (κ1) is 26.2. The molecule has 2 rings (SSSR count). The van der Waals surface area contributed by atoms with Crippen molar-refractivity contribution in [2.24, 2.45) is 0 Å². The second kappa shape index (κ2) is 10.2. The van der Waals surface area contributed by atoms with Gasteiger partial charge >= 0.3 is 0 Å². The monoisotopic (exact) mass is 469 g/mol. The van der Waals surface area contributed by atoms with Crippen molar-refractivity contribution in [3.05, 3.63) is 59.7 Å². The number of hydrogen-bond acceptors (Lipinski definition) is 4. The third-order valence-electron chi connectivity index (χ3n) is 6.39. The SMILES string of the molecule is CC(=O)[C@](C#N)(O[Si](C(C)C)(C(C)C)C(C)C)c1ccccc1S(=O)c1ccc(C)cc1. The summed E-state index contributed by atoms with van der Waals surface area (Å²) in [5, 5.41) is 10.4. The van der Waals surface area contributed by atoms with E-state index < -0.39 is 24.7 Å². The first-order chi connectivity index (χ1) is 14.9. The molecule has 0 saturated carbocycles. The fourth-order valence-electron chi connectivity index (χ4n) is 4.80. The first-order valence-electron chi connectivity index (χ1n) is 11.1. The van der Waals surface area contributed by atoms with Crippen LogP contribution in [0.2, 0.25) is 16.6 Å². The van der Waals surface area contributed by atoms with Gasteiger partial charge in [-0.3, -0.25) is 4.79 Å². The molecule has 0 aliphatic carbocycles. The van der Waals surface area contributed by atoms with E-state index in [2.05, 4.69) is 47.6 Å². The van der Waals surface area contributed by atoms with Crippen LogP contribution in [0.4, 0.5) is 0 Å². The Morgan fingerprint density at radius 3 is 1.91 bits per heavy atom. The number of aryl methyl sites for hydroxylation is 1. The van der Waals surface area contributed by atoms with E-state index >= 15 is 0 Å². The Bertz CT molecular complexity index is 1000. The second-order valence-corrected chi connectivity index (χ2v) is 16.2. The van der Waals surface area contributed by atoms with E-state index in [1.54, 1.807) is 24.3 Å². The van der Waals surface area contributed by atoms with E-state index in [1.165, 1.54) is 6.92 Å². The van der Waals surface area contributed by atoms with Crippen molar-refractivity contribution in [1.82, 2.24) is 0 Å². The molecule has 0 amide bonds. The maximum Gasteiger partial charge on any atom is 0.230 e. The number of hydrogen-bond donors (Lipinski definition) is 0. The van der Waals surface area contributed by atoms with Crippen LogP contribution >= 0.6 is 0 Å². The number of nitrogens with zero attached hydrogens (tertiary/aromatic N) is 1. The van der Waals surface area contributed by atoms with E-state index in [4.69, 9.17) is 4.43 Å². The van der Waals surface area contributed by atoms with Gasteiger partial charge in [-0.2, -0.15) is 5.26 Å². The standard InChI is InChI=1S/C26H35NO3SSi/c1-18(2)32(19(3)4,20(5)6)30-26(17-27,22(8)28)24-11-9-10-12-25(24)31(29)23-15-13-21(7)14-16-23/h9-16,18-20H,1-8H3/t26-,31?/m0/s1. The maximum atomic E-state index is 13.6. The highest BCUT2D eigenvalue weighted by molar-refractivity contribution is 7.85. The number of carbonyl (C=O) groups is 1. The van der Waals surface area contributed by atoms with Gasteiger partial charge < -0.3 is 4.43 Å². The van der Waals surface area contributed by atoms with Crippen molar-refractivity contribution in [3.8, 4) is 6.07 Å². The van der Waals surface area contributed by atoms with Crippen molar-refractivity contribution in [2.75, 3.05) is 0 Å². The van der Waals surface area contributed by atoms with E-state index in [1.807, 2.05) is 31.2 Å². The highest BCUT2D eigenvalue weighted by Crippen LogP contribution is 2.47. The maximum absolute atomic E-state index is 13.6. The fourth-order valence-corrected chi connectivity index (χ4v) is 11.6. The molecule has 2 atom stereocenters. The fraction of sp³-hybridized carbons (Fsp3) is 0.462. The summed E-state index contributed by atoms with van der Waals surface area (Å²) in [5.74, 6) is -0.382. The number of benzene rings is 2. The zero-order valence-electron chi connectivity index (χ0n) is 20.4. The van der Waals surface area contributed by atoms with Gasteiger partial charge in [-0.25, -0.2) is 4.21 Å². The molecule has 0 fully saturated rings. The van der Waals surface area contributed by atoms with Crippen LogP contribution in [-0.2, 0) is 25.6 Å². The van der Waals surface area contributed by atoms with Crippen LogP contribution in [-0.4, -0.2) is 18.3 Å². The van der Waals surface area contributed by atoms with E-state index in [-0.39, 0.29) is 22.4 Å². The summed E-state index contributed by atoms with van der Waals surface area (Å²) in [5.41, 5.74) is 0.201. The molecule has 0 spiro atoms. The lowest BCUT2D eigenvalue weighted by atomic mass is 9.91. The molecule has 172 valence electrons. The van der Waals surface area contributed by atoms with Gasteiger partial charge in [-0.05, 0) is 48.7 Å². The zero-order valence-corrected chi connectivity index (χ0v) is 22.2. The Balaban J connectivity index is 2.77. The van der Waals surface area contributed by atoms with Gasteiger partial charge in [0.15, 0.2) is 5.78 Å². The van der Waals surface area contributed by atoms with E-state index in [0.717, 1.165) is 5.56 Å². The van der Waals surface area contributed by atoms with Crippen LogP contribution in [0.1, 0.15) is 59.6 Å². The van der Waals surface area contributed by atoms with Crippen molar-refractivity contribution >= 4 is 24.9 Å². The predicted molar refractivity (Wildman–Crippen MR) is 132 cm³/mol. The molecule has 2 aromatic carbocycles. The molecule has 2 aromatic rings. The third-order valence-corrected chi connectivity index (χ3v) is 13.9. The van der Waals surface area contributed by atoms with Crippen LogP contribution in [0.25, 0.3) is 0 Å². The lowest BCUT2D eigenvalue weighted by Gasteiger charge is -2.46. The Kier molecular flexibility index (Phi) is 8.38. The molecule has 0 aliphatic heterocycles. The summed E-state index contributed by atoms with van der Waals surface area (Å²) < 4.78 is 20.4. The third kappa shape index (κ3) is 4.66. The number of nitriles is 1. The second-order valence-electron chi connectivity index (χ2n) is 9.35. The molecule has 0 N–H and O–H groups in total. The minimum Gasteiger partial charge on any atom is -0.389 e. The topological polar surface area (TPSA) is 67.2 Å². The van der Waals surface area contributed by atoms with Gasteiger partial charge in [0.05, 0.1) is 15.7 Å². The molecule has 1 unspecified atom stereocenters. The molecule has 0 aliphatic rings. The Labute approximate surface area is 196 Å². The normalized spacial score (nSPS) is 14.9. The molecule has 4 nitrogen and oxygen atoms in total. The number of ketones is 1. The van der Waals surface area contributed by atoms with Crippen molar-refractivity contribution in [2.45, 2.75) is 87.4 Å². The lowest BCUT2D eigenvalue weighted by Crippen LogP contribution is -2.55. The van der Waals surface area contributed by atoms with Crippen LogP contribution in [0, 0.1) is 18.3 Å². The Morgan fingerprint density at radius 1 is 0.969 bits per heavy atom. The zero-order chi connectivity index (χ0) is 24.3. The van der Waals surface area contributed by atoms with Crippen molar-refractivity contribution in [3.63, 3.8) is 0 Å². The first-order valence-corrected chi connectivity index (χ1v) is 14.4. The largest absolute Gasteiger partial charge is 0.389 e. The summed E-state index contributed by atoms with van der Waals surface area (Å²) in [4.78, 5) is 14.2. The minimum atomic E-state index is -2.62. The van der Waals surface area contributed by atoms with Crippen molar-refractivity contribution in [1.29, 1.82) is 5.26 Å². The summed E-state index contributed by atoms with van der Waals surface area (Å²) >= 11 is 0. The Hall–Kier alpha value is -2.07. The summed E-state index contributed by atoms with van der Waals surface area (Å²) in [6.45, 7) is 16.1. The quantitative estimate of drug-likeness (QED) is 0.385. The Morgan fingerprint density at radius 2 is 1.47 bits per heavy atom. The summed E-state index contributed by atoms with van der Waals surface area (Å²) in [6, 6.07) is 16.7. The van der Waals surface area contributed by atoms with Crippen LogP contribution in [0.3, 0.4) is 0 Å². The number of Topliss-reactive ketones (excluding diaryl/α,β-unsaturated/α-hetero) is 1. The average Bonchev–Trinajstić information content (AvgIpc) is 2.74. The number of carbonyl (C=O) groups excluding carboxylic acids is 1. The van der Waals surface area contributed by atoms with Crippen molar-refractivity contribution < 1.29 is 13.4 Å². The molecule has 0 saturated heterocycles. The smallest absolute Gasteiger partial charge is 0.230 e. The average molecular weight is 470 g/mol. The summed E-state index contributed by atoms with van der Waals surface area (Å²) in [7, 11) is -4.18. The van der Waals surface area contributed by atoms with Crippen LogP contribution in [0.15, 0.2) is 58.3 Å². The van der Waals surface area contributed by atoms with E-state index in [9.17, 15) is 14.3 Å².